The van der Waals surface area contributed by atoms with Gasteiger partial charge in [-0.25, -0.2) is 0 Å². The Morgan fingerprint density at radius 2 is 1.21 bits per heavy atom. The molecular formula is C16H13ClO2. The van der Waals surface area contributed by atoms with E-state index < -0.39 is 0 Å². The summed E-state index contributed by atoms with van der Waals surface area (Å²) in [6, 6.07) is 15.7. The number of hydrogen-bond donors (Lipinski definition) is 0. The van der Waals surface area contributed by atoms with Crippen LogP contribution in [0.5, 0.6) is 0 Å². The van der Waals surface area contributed by atoms with Gasteiger partial charge < -0.3 is 0 Å². The van der Waals surface area contributed by atoms with Crippen molar-refractivity contribution in [2.45, 2.75) is 12.8 Å². The van der Waals surface area contributed by atoms with Crippen LogP contribution in [0.4, 0.5) is 0 Å². The molecule has 0 aliphatic heterocycles. The van der Waals surface area contributed by atoms with Crippen LogP contribution in [0.25, 0.3) is 0 Å². The molecule has 0 atom stereocenters. The summed E-state index contributed by atoms with van der Waals surface area (Å²) in [4.78, 5) is 23.8. The molecular weight excluding hydrogens is 260 g/mol. The predicted molar refractivity (Wildman–Crippen MR) is 75.8 cm³/mol. The van der Waals surface area contributed by atoms with Gasteiger partial charge >= 0.3 is 0 Å². The van der Waals surface area contributed by atoms with Gasteiger partial charge in [-0.3, -0.25) is 9.59 Å². The van der Waals surface area contributed by atoms with Crippen LogP contribution in [0.2, 0.25) is 5.02 Å². The number of Topliss-reactive ketones (excluding diaryl/α,β-unsaturated/α-hetero) is 2. The third-order valence-electron chi connectivity index (χ3n) is 2.84. The zero-order valence-corrected chi connectivity index (χ0v) is 11.1. The van der Waals surface area contributed by atoms with E-state index in [1.807, 2.05) is 18.2 Å². The van der Waals surface area contributed by atoms with Gasteiger partial charge in [0.05, 0.1) is 0 Å². The van der Waals surface area contributed by atoms with E-state index in [2.05, 4.69) is 0 Å². The van der Waals surface area contributed by atoms with Gasteiger partial charge in [-0.15, -0.1) is 0 Å². The van der Waals surface area contributed by atoms with E-state index in [0.717, 1.165) is 0 Å². The molecule has 0 heterocycles. The smallest absolute Gasteiger partial charge is 0.163 e. The van der Waals surface area contributed by atoms with E-state index in [1.54, 1.807) is 36.4 Å². The molecule has 0 unspecified atom stereocenters. The highest BCUT2D eigenvalue weighted by Crippen LogP contribution is 2.13. The lowest BCUT2D eigenvalue weighted by Crippen LogP contribution is -2.05. The van der Waals surface area contributed by atoms with Gasteiger partial charge in [0.15, 0.2) is 11.6 Å². The maximum atomic E-state index is 11.9. The van der Waals surface area contributed by atoms with Crippen molar-refractivity contribution in [2.75, 3.05) is 0 Å². The van der Waals surface area contributed by atoms with Crippen LogP contribution in [0, 0.1) is 0 Å². The minimum atomic E-state index is -0.0408. The number of carbonyl (C=O) groups excluding carboxylic acids is 2. The Hall–Kier alpha value is -1.93. The third-order valence-corrected chi connectivity index (χ3v) is 3.09. The van der Waals surface area contributed by atoms with Crippen LogP contribution < -0.4 is 0 Å². The van der Waals surface area contributed by atoms with Gasteiger partial charge in [0.2, 0.25) is 0 Å². The van der Waals surface area contributed by atoms with Gasteiger partial charge in [0.25, 0.3) is 0 Å². The average molecular weight is 273 g/mol. The molecule has 0 spiro atoms. The van der Waals surface area contributed by atoms with E-state index >= 15 is 0 Å². The second-order valence-electron chi connectivity index (χ2n) is 4.22. The Morgan fingerprint density at radius 3 is 1.74 bits per heavy atom. The monoisotopic (exact) mass is 272 g/mol. The molecule has 0 N–H and O–H groups in total. The fraction of sp³-hybridized carbons (Fsp3) is 0.125. The van der Waals surface area contributed by atoms with Gasteiger partial charge in [-0.2, -0.15) is 0 Å². The average Bonchev–Trinajstić information content (AvgIpc) is 2.46. The first-order chi connectivity index (χ1) is 9.16. The molecule has 96 valence electrons. The second kappa shape index (κ2) is 6.30. The highest BCUT2D eigenvalue weighted by atomic mass is 35.5. The Bertz CT molecular complexity index is 573. The summed E-state index contributed by atoms with van der Waals surface area (Å²) < 4.78 is 0. The van der Waals surface area contributed by atoms with Gasteiger partial charge in [0.1, 0.15) is 0 Å². The van der Waals surface area contributed by atoms with Crippen molar-refractivity contribution in [3.8, 4) is 0 Å². The molecule has 0 saturated carbocycles. The van der Waals surface area contributed by atoms with E-state index in [0.29, 0.717) is 16.1 Å². The molecule has 0 radical (unpaired) electrons. The zero-order valence-electron chi connectivity index (χ0n) is 10.3. The molecule has 2 aromatic rings. The zero-order chi connectivity index (χ0) is 13.7. The largest absolute Gasteiger partial charge is 0.294 e. The number of rotatable bonds is 5. The van der Waals surface area contributed by atoms with Crippen LogP contribution >= 0.6 is 11.6 Å². The van der Waals surface area contributed by atoms with Crippen molar-refractivity contribution in [3.63, 3.8) is 0 Å². The summed E-state index contributed by atoms with van der Waals surface area (Å²) in [6.45, 7) is 0. The van der Waals surface area contributed by atoms with Crippen molar-refractivity contribution in [3.05, 3.63) is 70.7 Å². The van der Waals surface area contributed by atoms with E-state index in [1.165, 1.54) is 0 Å². The molecule has 0 aliphatic rings. The Morgan fingerprint density at radius 1 is 0.737 bits per heavy atom. The van der Waals surface area contributed by atoms with E-state index in [4.69, 9.17) is 11.6 Å². The predicted octanol–water partition coefficient (Wildman–Crippen LogP) is 4.19. The molecule has 0 fully saturated rings. The molecule has 0 bridgehead atoms. The van der Waals surface area contributed by atoms with Crippen LogP contribution in [-0.4, -0.2) is 11.6 Å². The molecule has 2 nitrogen and oxygen atoms in total. The molecule has 19 heavy (non-hydrogen) atoms. The minimum absolute atomic E-state index is 0.0112. The van der Waals surface area contributed by atoms with Crippen LogP contribution in [-0.2, 0) is 0 Å². The lowest BCUT2D eigenvalue weighted by molar-refractivity contribution is 0.0917. The van der Waals surface area contributed by atoms with Crippen LogP contribution in [0.15, 0.2) is 54.6 Å². The summed E-state index contributed by atoms with van der Waals surface area (Å²) in [5, 5.41) is 0.594. The molecule has 2 aromatic carbocycles. The number of ketones is 2. The lowest BCUT2D eigenvalue weighted by Gasteiger charge is -2.02. The molecule has 2 rings (SSSR count). The molecule has 3 heteroatoms. The fourth-order valence-corrected chi connectivity index (χ4v) is 1.90. The normalized spacial score (nSPS) is 10.2. The third kappa shape index (κ3) is 3.76. The minimum Gasteiger partial charge on any atom is -0.294 e. The summed E-state index contributed by atoms with van der Waals surface area (Å²) >= 11 is 5.76. The van der Waals surface area contributed by atoms with E-state index in [9.17, 15) is 9.59 Å². The van der Waals surface area contributed by atoms with Crippen molar-refractivity contribution in [1.82, 2.24) is 0 Å². The SMILES string of the molecule is O=C(CCC(=O)c1ccc(Cl)cc1)c1ccccc1. The Balaban J connectivity index is 1.94. The standard InChI is InChI=1S/C16H13ClO2/c17-14-8-6-13(7-9-14)16(19)11-10-15(18)12-4-2-1-3-5-12/h1-9H,10-11H2. The van der Waals surface area contributed by atoms with E-state index in [-0.39, 0.29) is 24.4 Å². The Labute approximate surface area is 117 Å². The summed E-state index contributed by atoms with van der Waals surface area (Å²) in [5.74, 6) is -0.0520. The second-order valence-corrected chi connectivity index (χ2v) is 4.66. The highest BCUT2D eigenvalue weighted by Gasteiger charge is 2.10. The number of halogens is 1. The first kappa shape index (κ1) is 13.5. The Kier molecular flexibility index (Phi) is 4.48. The quantitative estimate of drug-likeness (QED) is 0.765. The number of hydrogen-bond acceptors (Lipinski definition) is 2. The first-order valence-corrected chi connectivity index (χ1v) is 6.41. The summed E-state index contributed by atoms with van der Waals surface area (Å²) in [5.41, 5.74) is 1.23. The highest BCUT2D eigenvalue weighted by molar-refractivity contribution is 6.30. The molecule has 0 aromatic heterocycles. The van der Waals surface area contributed by atoms with Crippen molar-refractivity contribution in [1.29, 1.82) is 0 Å². The van der Waals surface area contributed by atoms with Gasteiger partial charge in [-0.05, 0) is 24.3 Å². The number of carbonyl (C=O) groups is 2. The number of benzene rings is 2. The van der Waals surface area contributed by atoms with Gasteiger partial charge in [0, 0.05) is 29.0 Å². The van der Waals surface area contributed by atoms with Crippen molar-refractivity contribution < 1.29 is 9.59 Å². The molecule has 0 amide bonds. The van der Waals surface area contributed by atoms with Crippen LogP contribution in [0.1, 0.15) is 33.6 Å². The fourth-order valence-electron chi connectivity index (χ4n) is 1.78. The molecule has 0 saturated heterocycles. The summed E-state index contributed by atoms with van der Waals surface area (Å²) in [7, 11) is 0. The maximum Gasteiger partial charge on any atom is 0.163 e. The maximum absolute atomic E-state index is 11.9. The topological polar surface area (TPSA) is 34.1 Å². The summed E-state index contributed by atoms with van der Waals surface area (Å²) in [6.07, 6.45) is 0.445. The first-order valence-electron chi connectivity index (χ1n) is 6.04. The van der Waals surface area contributed by atoms with Crippen molar-refractivity contribution in [2.24, 2.45) is 0 Å². The van der Waals surface area contributed by atoms with Gasteiger partial charge in [-0.1, -0.05) is 41.9 Å². The van der Waals surface area contributed by atoms with Crippen molar-refractivity contribution >= 4 is 23.2 Å². The van der Waals surface area contributed by atoms with Crippen LogP contribution in [0.3, 0.4) is 0 Å². The lowest BCUT2D eigenvalue weighted by atomic mass is 10.0. The molecule has 0 aliphatic carbocycles.